The molecular formula is C24H31N3O6S. The van der Waals surface area contributed by atoms with Crippen LogP contribution in [0.5, 0.6) is 5.75 Å². The minimum atomic E-state index is -3.84. The Kier molecular flexibility index (Phi) is 8.29. The minimum absolute atomic E-state index is 0.137. The van der Waals surface area contributed by atoms with E-state index in [0.29, 0.717) is 23.3 Å². The third-order valence-corrected chi connectivity index (χ3v) is 7.83. The summed E-state index contributed by atoms with van der Waals surface area (Å²) in [5.74, 6) is -0.942. The molecule has 0 aromatic heterocycles. The molecule has 9 nitrogen and oxygen atoms in total. The molecule has 2 amide bonds. The zero-order chi connectivity index (χ0) is 24.9. The third kappa shape index (κ3) is 5.75. The molecule has 0 radical (unpaired) electrons. The van der Waals surface area contributed by atoms with Gasteiger partial charge >= 0.3 is 11.8 Å². The fourth-order valence-electron chi connectivity index (χ4n) is 4.19. The Morgan fingerprint density at radius 1 is 1.09 bits per heavy atom. The smallest absolute Gasteiger partial charge is 0.309 e. The maximum absolute atomic E-state index is 13.3. The van der Waals surface area contributed by atoms with E-state index in [-0.39, 0.29) is 31.1 Å². The molecule has 2 aromatic rings. The van der Waals surface area contributed by atoms with E-state index in [4.69, 9.17) is 9.47 Å². The number of ether oxygens (including phenoxy) is 2. The Hall–Kier alpha value is -2.95. The van der Waals surface area contributed by atoms with Crippen LogP contribution < -0.4 is 15.4 Å². The zero-order valence-corrected chi connectivity index (χ0v) is 20.7. The fraction of sp³-hybridized carbons (Fsp3) is 0.417. The maximum Gasteiger partial charge on any atom is 0.309 e. The van der Waals surface area contributed by atoms with Gasteiger partial charge in [-0.15, -0.1) is 0 Å². The highest BCUT2D eigenvalue weighted by molar-refractivity contribution is 7.89. The number of nitrogens with one attached hydrogen (secondary N) is 2. The van der Waals surface area contributed by atoms with Gasteiger partial charge in [0.1, 0.15) is 12.0 Å². The molecule has 2 aromatic carbocycles. The lowest BCUT2D eigenvalue weighted by molar-refractivity contribution is -0.139. The van der Waals surface area contributed by atoms with Gasteiger partial charge in [0.2, 0.25) is 10.0 Å². The van der Waals surface area contributed by atoms with Crippen LogP contribution in [0, 0.1) is 20.8 Å². The van der Waals surface area contributed by atoms with Crippen LogP contribution in [-0.4, -0.2) is 64.1 Å². The van der Waals surface area contributed by atoms with Crippen molar-refractivity contribution in [3.63, 3.8) is 0 Å². The summed E-state index contributed by atoms with van der Waals surface area (Å²) in [6.45, 7) is 5.91. The van der Waals surface area contributed by atoms with Crippen molar-refractivity contribution in [2.45, 2.75) is 38.3 Å². The van der Waals surface area contributed by atoms with Crippen molar-refractivity contribution in [3.05, 3.63) is 58.7 Å². The number of benzene rings is 2. The Morgan fingerprint density at radius 3 is 2.41 bits per heavy atom. The van der Waals surface area contributed by atoms with E-state index >= 15 is 0 Å². The first-order valence-electron chi connectivity index (χ1n) is 11.0. The number of hydrogen-bond donors (Lipinski definition) is 2. The highest BCUT2D eigenvalue weighted by Gasteiger charge is 2.38. The summed E-state index contributed by atoms with van der Waals surface area (Å²) in [6.07, 6.45) is -0.397. The average molecular weight is 490 g/mol. The van der Waals surface area contributed by atoms with Gasteiger partial charge < -0.3 is 20.1 Å². The standard InChI is InChI=1S/C24H31N3O6S/c1-16-13-17(2)22(18(3)14-16)34(30,31)27-11-12-33-21(27)15-26-24(29)23(28)25-10-9-19-7-5-6-8-20(19)32-4/h5-8,13-14,21H,9-12,15H2,1-4H3,(H,25,28)(H,26,29). The van der Waals surface area contributed by atoms with Crippen LogP contribution in [-0.2, 0) is 30.8 Å². The second-order valence-electron chi connectivity index (χ2n) is 8.20. The highest BCUT2D eigenvalue weighted by atomic mass is 32.2. The number of carbonyl (C=O) groups excluding carboxylic acids is 2. The lowest BCUT2D eigenvalue weighted by atomic mass is 10.1. The van der Waals surface area contributed by atoms with Gasteiger partial charge in [-0.3, -0.25) is 9.59 Å². The van der Waals surface area contributed by atoms with Gasteiger partial charge in [0.15, 0.2) is 0 Å². The molecular weight excluding hydrogens is 458 g/mol. The van der Waals surface area contributed by atoms with Crippen LogP contribution in [0.15, 0.2) is 41.3 Å². The zero-order valence-electron chi connectivity index (χ0n) is 19.9. The molecule has 0 aliphatic carbocycles. The molecule has 0 bridgehead atoms. The van der Waals surface area contributed by atoms with Crippen molar-refractivity contribution in [2.75, 3.05) is 33.4 Å². The Balaban J connectivity index is 1.57. The Labute approximate surface area is 200 Å². The number of nitrogens with zero attached hydrogens (tertiary/aromatic N) is 1. The SMILES string of the molecule is COc1ccccc1CCNC(=O)C(=O)NCC1OCCN1S(=O)(=O)c1c(C)cc(C)cc1C. The second-order valence-corrected chi connectivity index (χ2v) is 10.0. The van der Waals surface area contributed by atoms with E-state index in [1.54, 1.807) is 21.0 Å². The molecule has 0 spiro atoms. The van der Waals surface area contributed by atoms with Crippen LogP contribution in [0.4, 0.5) is 0 Å². The number of hydrogen-bond acceptors (Lipinski definition) is 6. The monoisotopic (exact) mass is 489 g/mol. The van der Waals surface area contributed by atoms with Gasteiger partial charge in [-0.1, -0.05) is 35.9 Å². The predicted octanol–water partition coefficient (Wildman–Crippen LogP) is 1.44. The number of carbonyl (C=O) groups is 2. The normalized spacial score (nSPS) is 16.3. The number of rotatable bonds is 8. The number of sulfonamides is 1. The second kappa shape index (κ2) is 11.0. The summed E-state index contributed by atoms with van der Waals surface area (Å²) in [4.78, 5) is 24.7. The summed E-state index contributed by atoms with van der Waals surface area (Å²) in [5.41, 5.74) is 3.20. The molecule has 10 heteroatoms. The predicted molar refractivity (Wildman–Crippen MR) is 127 cm³/mol. The Bertz CT molecular complexity index is 1140. The van der Waals surface area contributed by atoms with E-state index in [2.05, 4.69) is 10.6 Å². The highest BCUT2D eigenvalue weighted by Crippen LogP contribution is 2.28. The van der Waals surface area contributed by atoms with E-state index in [0.717, 1.165) is 11.1 Å². The Morgan fingerprint density at radius 2 is 1.74 bits per heavy atom. The van der Waals surface area contributed by atoms with Gasteiger partial charge in [0.25, 0.3) is 0 Å². The van der Waals surface area contributed by atoms with Gasteiger partial charge in [-0.2, -0.15) is 4.31 Å². The third-order valence-electron chi connectivity index (χ3n) is 5.63. The summed E-state index contributed by atoms with van der Waals surface area (Å²) < 4.78 is 38.8. The summed E-state index contributed by atoms with van der Waals surface area (Å²) >= 11 is 0. The quantitative estimate of drug-likeness (QED) is 0.543. The molecule has 184 valence electrons. The molecule has 1 aliphatic heterocycles. The first kappa shape index (κ1) is 25.7. The molecule has 0 saturated carbocycles. The molecule has 1 heterocycles. The topological polar surface area (TPSA) is 114 Å². The largest absolute Gasteiger partial charge is 0.496 e. The molecule has 1 aliphatic rings. The van der Waals surface area contributed by atoms with E-state index in [9.17, 15) is 18.0 Å². The average Bonchev–Trinajstić information content (AvgIpc) is 3.26. The van der Waals surface area contributed by atoms with Crippen molar-refractivity contribution in [2.24, 2.45) is 0 Å². The minimum Gasteiger partial charge on any atom is -0.496 e. The lowest BCUT2D eigenvalue weighted by Gasteiger charge is -2.24. The summed E-state index contributed by atoms with van der Waals surface area (Å²) in [5, 5.41) is 5.05. The van der Waals surface area contributed by atoms with Crippen molar-refractivity contribution >= 4 is 21.8 Å². The van der Waals surface area contributed by atoms with Crippen molar-refractivity contribution in [3.8, 4) is 5.75 Å². The maximum atomic E-state index is 13.3. The molecule has 2 N–H and O–H groups in total. The summed E-state index contributed by atoms with van der Waals surface area (Å²) in [6, 6.07) is 11.1. The first-order chi connectivity index (χ1) is 16.1. The van der Waals surface area contributed by atoms with Crippen LogP contribution >= 0.6 is 0 Å². The molecule has 3 rings (SSSR count). The molecule has 1 fully saturated rings. The molecule has 34 heavy (non-hydrogen) atoms. The lowest BCUT2D eigenvalue weighted by Crippen LogP contribution is -2.47. The number of amides is 2. The van der Waals surface area contributed by atoms with Crippen LogP contribution in [0.1, 0.15) is 22.3 Å². The van der Waals surface area contributed by atoms with Gasteiger partial charge in [-0.05, 0) is 49.9 Å². The van der Waals surface area contributed by atoms with Gasteiger partial charge in [0, 0.05) is 13.1 Å². The van der Waals surface area contributed by atoms with E-state index in [1.165, 1.54) is 4.31 Å². The van der Waals surface area contributed by atoms with Crippen molar-refractivity contribution in [1.29, 1.82) is 0 Å². The first-order valence-corrected chi connectivity index (χ1v) is 12.5. The molecule has 1 atom stereocenters. The number of aryl methyl sites for hydroxylation is 3. The van der Waals surface area contributed by atoms with Crippen molar-refractivity contribution in [1.82, 2.24) is 14.9 Å². The van der Waals surface area contributed by atoms with Crippen LogP contribution in [0.3, 0.4) is 0 Å². The molecule has 1 unspecified atom stereocenters. The van der Waals surface area contributed by atoms with Gasteiger partial charge in [0.05, 0.1) is 25.2 Å². The van der Waals surface area contributed by atoms with Crippen molar-refractivity contribution < 1.29 is 27.5 Å². The van der Waals surface area contributed by atoms with E-state index in [1.807, 2.05) is 43.3 Å². The van der Waals surface area contributed by atoms with Crippen LogP contribution in [0.25, 0.3) is 0 Å². The van der Waals surface area contributed by atoms with Gasteiger partial charge in [-0.25, -0.2) is 8.42 Å². The fourth-order valence-corrected chi connectivity index (χ4v) is 6.12. The summed E-state index contributed by atoms with van der Waals surface area (Å²) in [7, 11) is -2.27. The van der Waals surface area contributed by atoms with Crippen LogP contribution in [0.2, 0.25) is 0 Å². The number of methoxy groups -OCH3 is 1. The number of para-hydroxylation sites is 1. The van der Waals surface area contributed by atoms with E-state index < -0.39 is 28.1 Å². The molecule has 1 saturated heterocycles.